The fraction of sp³-hybridized carbons (Fsp3) is 0.267. The van der Waals surface area contributed by atoms with E-state index in [4.69, 9.17) is 23.2 Å². The Morgan fingerprint density at radius 2 is 1.96 bits per heavy atom. The summed E-state index contributed by atoms with van der Waals surface area (Å²) in [5.41, 5.74) is 0.113. The summed E-state index contributed by atoms with van der Waals surface area (Å²) in [4.78, 5) is 24.1. The Hall–Kier alpha value is -1.94. The maximum atomic E-state index is 12.3. The highest BCUT2D eigenvalue weighted by atomic mass is 35.5. The van der Waals surface area contributed by atoms with E-state index >= 15 is 0 Å². The van der Waals surface area contributed by atoms with Gasteiger partial charge >= 0.3 is 0 Å². The Kier molecular flexibility index (Phi) is 6.07. The summed E-state index contributed by atoms with van der Waals surface area (Å²) in [6.45, 7) is 1.25. The largest absolute Gasteiger partial charge is 0.324 e. The number of carbonyl (C=O) groups is 1. The standard InChI is InChI=1S/C15H16Cl2N4O4S/c1-9-4-5-10(6-12(9)26(24,25)20(2)3)19-13(22)8-21-15(23)14(17)11(16)7-18-21/h4-7H,8H2,1-3H3,(H,19,22). The first kappa shape index (κ1) is 20.4. The first-order valence-corrected chi connectivity index (χ1v) is 9.47. The molecular weight excluding hydrogens is 403 g/mol. The lowest BCUT2D eigenvalue weighted by molar-refractivity contribution is -0.117. The molecule has 2 rings (SSSR count). The molecule has 1 aromatic heterocycles. The highest BCUT2D eigenvalue weighted by Gasteiger charge is 2.20. The number of rotatable bonds is 5. The van der Waals surface area contributed by atoms with E-state index in [-0.39, 0.29) is 20.6 Å². The van der Waals surface area contributed by atoms with Crippen molar-refractivity contribution in [3.8, 4) is 0 Å². The van der Waals surface area contributed by atoms with E-state index in [9.17, 15) is 18.0 Å². The molecule has 0 spiro atoms. The van der Waals surface area contributed by atoms with Gasteiger partial charge in [0, 0.05) is 19.8 Å². The lowest BCUT2D eigenvalue weighted by atomic mass is 10.2. The normalized spacial score (nSPS) is 11.6. The number of aryl methyl sites for hydroxylation is 1. The molecule has 1 amide bonds. The number of anilines is 1. The second kappa shape index (κ2) is 7.75. The van der Waals surface area contributed by atoms with Gasteiger partial charge in [0.1, 0.15) is 11.6 Å². The van der Waals surface area contributed by atoms with Crippen LogP contribution in [-0.2, 0) is 21.4 Å². The minimum absolute atomic E-state index is 0.00890. The van der Waals surface area contributed by atoms with Crippen molar-refractivity contribution in [2.24, 2.45) is 0 Å². The third-order valence-corrected chi connectivity index (χ3v) is 6.17. The van der Waals surface area contributed by atoms with Crippen molar-refractivity contribution in [2.75, 3.05) is 19.4 Å². The summed E-state index contributed by atoms with van der Waals surface area (Å²) in [7, 11) is -0.821. The number of halogens is 2. The summed E-state index contributed by atoms with van der Waals surface area (Å²) in [6, 6.07) is 4.50. The van der Waals surface area contributed by atoms with Crippen LogP contribution in [0.2, 0.25) is 10.0 Å². The first-order valence-electron chi connectivity index (χ1n) is 7.28. The average molecular weight is 419 g/mol. The molecule has 0 radical (unpaired) electrons. The third kappa shape index (κ3) is 4.24. The zero-order valence-corrected chi connectivity index (χ0v) is 16.5. The molecule has 0 unspecified atom stereocenters. The lowest BCUT2D eigenvalue weighted by Gasteiger charge is -2.15. The smallest absolute Gasteiger partial charge is 0.287 e. The minimum Gasteiger partial charge on any atom is -0.324 e. The van der Waals surface area contributed by atoms with Crippen LogP contribution in [0.1, 0.15) is 5.56 Å². The van der Waals surface area contributed by atoms with E-state index in [0.717, 1.165) is 15.2 Å². The Morgan fingerprint density at radius 1 is 1.31 bits per heavy atom. The second-order valence-electron chi connectivity index (χ2n) is 5.59. The van der Waals surface area contributed by atoms with E-state index in [0.29, 0.717) is 5.56 Å². The molecule has 0 aliphatic heterocycles. The van der Waals surface area contributed by atoms with E-state index in [1.54, 1.807) is 19.1 Å². The highest BCUT2D eigenvalue weighted by molar-refractivity contribution is 7.89. The van der Waals surface area contributed by atoms with E-state index in [1.807, 2.05) is 0 Å². The lowest BCUT2D eigenvalue weighted by Crippen LogP contribution is -2.30. The van der Waals surface area contributed by atoms with Gasteiger partial charge in [-0.3, -0.25) is 9.59 Å². The Bertz CT molecular complexity index is 1020. The van der Waals surface area contributed by atoms with Gasteiger partial charge in [-0.1, -0.05) is 29.3 Å². The molecule has 0 saturated heterocycles. The fourth-order valence-corrected chi connectivity index (χ4v) is 3.46. The molecule has 1 aromatic carbocycles. The van der Waals surface area contributed by atoms with Gasteiger partial charge in [-0.05, 0) is 24.6 Å². The Balaban J connectivity index is 2.26. The van der Waals surface area contributed by atoms with Crippen LogP contribution < -0.4 is 10.9 Å². The van der Waals surface area contributed by atoms with Crippen LogP contribution in [0, 0.1) is 6.92 Å². The number of amides is 1. The number of sulfonamides is 1. The minimum atomic E-state index is -3.66. The average Bonchev–Trinajstić information content (AvgIpc) is 2.57. The van der Waals surface area contributed by atoms with Crippen LogP contribution in [0.4, 0.5) is 5.69 Å². The van der Waals surface area contributed by atoms with Crippen LogP contribution >= 0.6 is 23.2 Å². The quantitative estimate of drug-likeness (QED) is 0.796. The summed E-state index contributed by atoms with van der Waals surface area (Å²) >= 11 is 11.4. The van der Waals surface area contributed by atoms with E-state index in [1.165, 1.54) is 20.2 Å². The SMILES string of the molecule is Cc1ccc(NC(=O)Cn2ncc(Cl)c(Cl)c2=O)cc1S(=O)(=O)N(C)C. The number of hydrogen-bond acceptors (Lipinski definition) is 5. The molecule has 0 bridgehead atoms. The van der Waals surface area contributed by atoms with Crippen LogP contribution in [0.25, 0.3) is 0 Å². The zero-order chi connectivity index (χ0) is 19.6. The molecule has 0 saturated carbocycles. The van der Waals surface area contributed by atoms with Gasteiger partial charge in [0.15, 0.2) is 0 Å². The van der Waals surface area contributed by atoms with Crippen molar-refractivity contribution < 1.29 is 13.2 Å². The number of nitrogens with one attached hydrogen (secondary N) is 1. The second-order valence-corrected chi connectivity index (χ2v) is 8.49. The fourth-order valence-electron chi connectivity index (χ4n) is 2.05. The summed E-state index contributed by atoms with van der Waals surface area (Å²) in [6.07, 6.45) is 1.16. The van der Waals surface area contributed by atoms with Gasteiger partial charge in [0.25, 0.3) is 5.56 Å². The van der Waals surface area contributed by atoms with Gasteiger partial charge in [0.2, 0.25) is 15.9 Å². The summed E-state index contributed by atoms with van der Waals surface area (Å²) < 4.78 is 26.6. The van der Waals surface area contributed by atoms with Gasteiger partial charge in [-0.15, -0.1) is 0 Å². The molecule has 140 valence electrons. The topological polar surface area (TPSA) is 101 Å². The van der Waals surface area contributed by atoms with Crippen molar-refractivity contribution in [1.82, 2.24) is 14.1 Å². The van der Waals surface area contributed by atoms with E-state index < -0.39 is 28.0 Å². The van der Waals surface area contributed by atoms with Crippen molar-refractivity contribution in [3.63, 3.8) is 0 Å². The summed E-state index contributed by atoms with van der Waals surface area (Å²) in [5.74, 6) is -0.574. The number of hydrogen-bond donors (Lipinski definition) is 1. The van der Waals surface area contributed by atoms with Crippen molar-refractivity contribution in [1.29, 1.82) is 0 Å². The molecule has 0 atom stereocenters. The number of benzene rings is 1. The number of nitrogens with zero attached hydrogens (tertiary/aromatic N) is 3. The van der Waals surface area contributed by atoms with Crippen LogP contribution in [0.5, 0.6) is 0 Å². The monoisotopic (exact) mass is 418 g/mol. The van der Waals surface area contributed by atoms with Gasteiger partial charge < -0.3 is 5.32 Å². The van der Waals surface area contributed by atoms with Gasteiger partial charge in [0.05, 0.1) is 16.1 Å². The van der Waals surface area contributed by atoms with Crippen molar-refractivity contribution in [2.45, 2.75) is 18.4 Å². The summed E-state index contributed by atoms with van der Waals surface area (Å²) in [5, 5.41) is 6.03. The Morgan fingerprint density at radius 3 is 2.58 bits per heavy atom. The molecule has 2 aromatic rings. The first-order chi connectivity index (χ1) is 12.0. The van der Waals surface area contributed by atoms with Gasteiger partial charge in [-0.25, -0.2) is 17.4 Å². The molecule has 0 aliphatic rings. The molecule has 8 nitrogen and oxygen atoms in total. The highest BCUT2D eigenvalue weighted by Crippen LogP contribution is 2.22. The van der Waals surface area contributed by atoms with E-state index in [2.05, 4.69) is 10.4 Å². The zero-order valence-electron chi connectivity index (χ0n) is 14.2. The number of carbonyl (C=O) groups excluding carboxylic acids is 1. The molecule has 1 heterocycles. The molecular formula is C15H16Cl2N4O4S. The number of aromatic nitrogens is 2. The Labute approximate surface area is 160 Å². The molecule has 26 heavy (non-hydrogen) atoms. The molecule has 1 N–H and O–H groups in total. The molecule has 11 heteroatoms. The van der Waals surface area contributed by atoms with Crippen LogP contribution in [0.15, 0.2) is 34.1 Å². The third-order valence-electron chi connectivity index (χ3n) is 3.47. The maximum Gasteiger partial charge on any atom is 0.287 e. The van der Waals surface area contributed by atoms with Crippen molar-refractivity contribution >= 4 is 44.8 Å². The molecule has 0 aliphatic carbocycles. The van der Waals surface area contributed by atoms with Gasteiger partial charge in [-0.2, -0.15) is 5.10 Å². The predicted octanol–water partition coefficient (Wildman–Crippen LogP) is 1.75. The van der Waals surface area contributed by atoms with Crippen molar-refractivity contribution in [3.05, 3.63) is 50.4 Å². The van der Waals surface area contributed by atoms with Crippen LogP contribution in [0.3, 0.4) is 0 Å². The van der Waals surface area contributed by atoms with Crippen LogP contribution in [-0.4, -0.2) is 42.5 Å². The maximum absolute atomic E-state index is 12.3. The molecule has 0 fully saturated rings. The predicted molar refractivity (Wildman–Crippen MR) is 99.2 cm³/mol.